The Morgan fingerprint density at radius 2 is 0.878 bits per heavy atom. The van der Waals surface area contributed by atoms with Gasteiger partial charge in [0.2, 0.25) is 71.1 Å². The molecule has 1 unspecified atom stereocenters. The van der Waals surface area contributed by atoms with E-state index in [0.29, 0.717) is 137 Å². The first kappa shape index (κ1) is 109. The second-order valence-electron chi connectivity index (χ2n) is 41.0. The molecule has 0 radical (unpaired) electrons. The normalized spacial score (nSPS) is 16.3. The van der Waals surface area contributed by atoms with E-state index in [1.807, 2.05) is 123 Å². The van der Waals surface area contributed by atoms with E-state index >= 15 is 0 Å². The molecule has 5 aliphatic rings. The Kier molecular flexibility index (Phi) is 34.8. The van der Waals surface area contributed by atoms with Gasteiger partial charge < -0.3 is 5.11 Å². The zero-order valence-corrected chi connectivity index (χ0v) is 87.2. The Morgan fingerprint density at radius 3 is 1.31 bits per heavy atom. The van der Waals surface area contributed by atoms with Crippen LogP contribution >= 0.6 is 46.1 Å². The molecule has 14 aromatic heterocycles. The summed E-state index contributed by atoms with van der Waals surface area (Å²) >= 11 is 19.6. The number of thiazole rings is 1. The van der Waals surface area contributed by atoms with Crippen molar-refractivity contribution in [2.24, 2.45) is 29.7 Å². The number of amides is 6. The fourth-order valence-electron chi connectivity index (χ4n) is 17.8. The molecular formula is C103H121Cl3F7N27O7S. The van der Waals surface area contributed by atoms with Gasteiger partial charge in [0.15, 0.2) is 33.9 Å². The largest absolute Gasteiger partial charge is 0.406 e. The molecule has 45 heteroatoms. The molecule has 1 atom stereocenters. The monoisotopic (exact) mass is 2120 g/mol. The van der Waals surface area contributed by atoms with E-state index in [1.54, 1.807) is 70.2 Å². The second kappa shape index (κ2) is 47.2. The molecule has 148 heavy (non-hydrogen) atoms. The van der Waals surface area contributed by atoms with Gasteiger partial charge in [0.1, 0.15) is 60.8 Å². The summed E-state index contributed by atoms with van der Waals surface area (Å²) < 4.78 is 102. The number of alkyl halides is 7. The summed E-state index contributed by atoms with van der Waals surface area (Å²) in [7, 11) is 1.82. The number of rotatable bonds is 26. The van der Waals surface area contributed by atoms with Crippen LogP contribution in [0.2, 0.25) is 15.5 Å². The summed E-state index contributed by atoms with van der Waals surface area (Å²) in [6.07, 6.45) is 14.1. The maximum absolute atomic E-state index is 13.9. The van der Waals surface area contributed by atoms with Crippen molar-refractivity contribution in [2.45, 2.75) is 285 Å². The standard InChI is InChI=1S/C19H24ClFN4O.C19H17ClN6O.C17H19N5OS.C17H24N4O.C16H18ClF3N4O.C15H19F3N4O2/c1-19(21)9-7-12(8-10-19)11-16(26)24-18-22-14-5-6-15(20)23-17(14)25(18)13-3-2-4-13;1-25-12-14(11-21-25)26-18-15(8-9-16(20)23-18)22-19(26)24-17(27)10-7-13-5-3-2-4-6-13;1-11-5-6-13-16(19-11)22(12-3-2-4-12)17(20-13)21-14(23)7-8-15-18-9-10-24-15;1-11-8-9-13-15(18-11)21(12-6-5-7-12)16(19-13)20-14(22)10-17(2,3)4;1-9(8-16(18,19)20)7-13(25)23-15-21-11-5-6-12(17)22-14(11)24(15)10-3-2-4-10;1-14(2,3)6-11(24)21-13-20-10-5-4-9(7-23)19-12(10)22(13)8-15(16,17)18/h5-6,12-13H,2-4,7-11H2,1H3,(H,22,24,26);2-6,8-9,11-12H,7,10H2,1H3,(H,22,24,27);5-6,9-10,12H,2-4,7-8H2,1H3,(H,20,21,23);8-9,12H,5-7,10H2,1-4H3,(H,19,20,22);5-6,9-10H,2-4,7-8H2,1H3,(H,21,23,25);4-5,23H,6-8H2,1-3H3,(H,20,21,24). The number of pyridine rings is 6. The van der Waals surface area contributed by atoms with Crippen molar-refractivity contribution < 1.29 is 64.6 Å². The van der Waals surface area contributed by atoms with Gasteiger partial charge in [-0.25, -0.2) is 69.2 Å². The van der Waals surface area contributed by atoms with Gasteiger partial charge >= 0.3 is 12.4 Å². The second-order valence-corrected chi connectivity index (χ2v) is 43.2. The van der Waals surface area contributed by atoms with Crippen molar-refractivity contribution in [3.8, 4) is 5.69 Å². The van der Waals surface area contributed by atoms with Gasteiger partial charge in [0.25, 0.3) is 0 Å². The zero-order chi connectivity index (χ0) is 106. The molecule has 14 heterocycles. The highest BCUT2D eigenvalue weighted by molar-refractivity contribution is 7.09. The number of nitrogens with zero attached hydrogens (tertiary/aromatic N) is 21. The maximum Gasteiger partial charge on any atom is 0.406 e. The van der Waals surface area contributed by atoms with Crippen molar-refractivity contribution in [1.29, 1.82) is 0 Å². The highest BCUT2D eigenvalue weighted by Gasteiger charge is 2.38. The molecule has 20 rings (SSSR count). The molecule has 786 valence electrons. The number of aromatic nitrogens is 21. The number of aryl methyl sites for hydroxylation is 5. The Morgan fingerprint density at radius 1 is 0.473 bits per heavy atom. The molecule has 0 saturated heterocycles. The summed E-state index contributed by atoms with van der Waals surface area (Å²) in [4.78, 5) is 131. The van der Waals surface area contributed by atoms with E-state index in [0.717, 1.165) is 136 Å². The average molecular weight is 2120 g/mol. The minimum absolute atomic E-state index is 0.0140. The van der Waals surface area contributed by atoms with Gasteiger partial charge in [-0.2, -0.15) is 31.4 Å². The number of fused-ring (bicyclic) bond motifs is 6. The number of aliphatic hydroxyl groups excluding tert-OH is 1. The minimum atomic E-state index is -4.51. The van der Waals surface area contributed by atoms with Crippen LogP contribution in [0.3, 0.4) is 0 Å². The SMILES string of the molecule is CC(C)(C)CC(=O)Nc1nc2ccc(CO)nc2n1CC(F)(F)F.CC(CC(=O)Nc1nc2ccc(Cl)nc2n1C1CCC1)CC(F)(F)F.CC1(F)CCC(CC(=O)Nc2nc3ccc(Cl)nc3n2C2CCC2)CC1.Cc1ccc2nc(NC(=O)CC(C)(C)C)n(C3CCC3)c2n1.Cc1ccc2nc(NC(=O)CCc3nccs3)n(C3CCC3)c2n1.Cn1cc(-n2c(NC(=O)CCc3ccccc3)nc3ccc(Cl)nc32)cn1. The third-order valence-electron chi connectivity index (χ3n) is 25.8. The van der Waals surface area contributed by atoms with Crippen LogP contribution in [0.4, 0.5) is 66.4 Å². The van der Waals surface area contributed by atoms with Gasteiger partial charge in [0, 0.05) is 112 Å². The summed E-state index contributed by atoms with van der Waals surface area (Å²) in [6, 6.07) is 32.3. The van der Waals surface area contributed by atoms with E-state index in [4.69, 9.17) is 39.9 Å². The summed E-state index contributed by atoms with van der Waals surface area (Å²) in [5.41, 5.74) is 10.0. The van der Waals surface area contributed by atoms with Gasteiger partial charge in [-0.05, 0) is 231 Å². The lowest BCUT2D eigenvalue weighted by molar-refractivity contribution is -0.145. The number of anilines is 6. The molecular weight excluding hydrogens is 2000 g/mol. The van der Waals surface area contributed by atoms with Crippen LogP contribution in [0.15, 0.2) is 127 Å². The van der Waals surface area contributed by atoms with E-state index in [9.17, 15) is 59.5 Å². The van der Waals surface area contributed by atoms with Crippen molar-refractivity contribution >= 4 is 184 Å². The highest BCUT2D eigenvalue weighted by Crippen LogP contribution is 2.44. The third-order valence-corrected chi connectivity index (χ3v) is 27.3. The van der Waals surface area contributed by atoms with Crippen LogP contribution in [-0.4, -0.2) is 161 Å². The fourth-order valence-corrected chi connectivity index (χ4v) is 18.8. The lowest BCUT2D eigenvalue weighted by Crippen LogP contribution is -2.29. The Bertz CT molecular complexity index is 7220. The van der Waals surface area contributed by atoms with Crippen LogP contribution in [0.1, 0.15) is 255 Å². The number of carbonyl (C=O) groups excluding carboxylic acids is 6. The first-order valence-corrected chi connectivity index (χ1v) is 51.6. The molecule has 0 bridgehead atoms. The molecule has 15 aromatic rings. The maximum atomic E-state index is 13.9. The molecule has 5 aliphatic carbocycles. The fraction of sp³-hybridized carbons (Fsp3) is 0.476. The summed E-state index contributed by atoms with van der Waals surface area (Å²) in [6.45, 7) is 17.0. The lowest BCUT2D eigenvalue weighted by atomic mass is 9.79. The first-order valence-electron chi connectivity index (χ1n) is 49.6. The summed E-state index contributed by atoms with van der Waals surface area (Å²) in [5, 5.41) is 34.2. The van der Waals surface area contributed by atoms with Gasteiger partial charge in [-0.15, -0.1) is 11.3 Å². The van der Waals surface area contributed by atoms with E-state index in [-0.39, 0.29) is 82.1 Å². The van der Waals surface area contributed by atoms with Crippen LogP contribution in [0.25, 0.3) is 72.7 Å². The average Bonchev–Trinajstić information content (AvgIpc) is 1.64. The van der Waals surface area contributed by atoms with Crippen molar-refractivity contribution in [3.63, 3.8) is 0 Å². The van der Waals surface area contributed by atoms with Crippen LogP contribution in [0.5, 0.6) is 0 Å². The minimum Gasteiger partial charge on any atom is -0.390 e. The number of hydrogen-bond donors (Lipinski definition) is 7. The molecule has 7 N–H and O–H groups in total. The molecule has 0 spiro atoms. The van der Waals surface area contributed by atoms with E-state index in [2.05, 4.69) is 132 Å². The number of benzene rings is 1. The molecule has 0 aliphatic heterocycles. The van der Waals surface area contributed by atoms with Crippen molar-refractivity contribution in [2.75, 3.05) is 31.9 Å². The predicted molar refractivity (Wildman–Crippen MR) is 557 cm³/mol. The number of carbonyl (C=O) groups is 6. The van der Waals surface area contributed by atoms with E-state index in [1.165, 1.54) is 38.3 Å². The highest BCUT2D eigenvalue weighted by atomic mass is 35.5. The molecule has 1 aromatic carbocycles. The zero-order valence-electron chi connectivity index (χ0n) is 84.2. The number of halogens is 10. The van der Waals surface area contributed by atoms with Crippen LogP contribution in [0, 0.1) is 36.5 Å². The smallest absolute Gasteiger partial charge is 0.390 e. The molecule has 6 amide bonds. The topological polar surface area (TPSA) is 410 Å². The number of imidazole rings is 6. The third kappa shape index (κ3) is 29.3. The molecule has 5 saturated carbocycles. The van der Waals surface area contributed by atoms with Crippen LogP contribution in [-0.2, 0) is 61.8 Å². The number of aliphatic hydroxyl groups is 1. The number of hydrogen-bond acceptors (Lipinski definition) is 22. The van der Waals surface area contributed by atoms with Crippen molar-refractivity contribution in [1.82, 2.24) is 102 Å². The number of nitrogens with one attached hydrogen (secondary N) is 6. The summed E-state index contributed by atoms with van der Waals surface area (Å²) in [5.74, 6) is 0.662. The Hall–Kier alpha value is -13.1. The lowest BCUT2D eigenvalue weighted by Gasteiger charge is -2.31. The van der Waals surface area contributed by atoms with Crippen molar-refractivity contribution in [3.05, 3.63) is 170 Å². The first-order chi connectivity index (χ1) is 70.3. The van der Waals surface area contributed by atoms with Gasteiger partial charge in [-0.3, -0.25) is 92.8 Å². The molecule has 34 nitrogen and oxygen atoms in total. The van der Waals surface area contributed by atoms with E-state index < -0.39 is 55.3 Å². The predicted octanol–water partition coefficient (Wildman–Crippen LogP) is 23.4. The Labute approximate surface area is 868 Å². The molecule has 5 fully saturated rings. The van der Waals surface area contributed by atoms with Crippen LogP contribution < -0.4 is 31.9 Å². The quantitative estimate of drug-likeness (QED) is 0.0195. The van der Waals surface area contributed by atoms with Gasteiger partial charge in [-0.1, -0.05) is 114 Å². The Balaban J connectivity index is 0.000000133. The van der Waals surface area contributed by atoms with Gasteiger partial charge in [0.05, 0.1) is 29.2 Å².